The van der Waals surface area contributed by atoms with E-state index in [2.05, 4.69) is 4.98 Å². The molecule has 1 aromatic heterocycles. The summed E-state index contributed by atoms with van der Waals surface area (Å²) >= 11 is 5.95. The van der Waals surface area contributed by atoms with Gasteiger partial charge in [0, 0.05) is 17.4 Å². The van der Waals surface area contributed by atoms with Crippen molar-refractivity contribution in [3.63, 3.8) is 0 Å². The monoisotopic (exact) mass is 347 g/mol. The highest BCUT2D eigenvalue weighted by atomic mass is 35.5. The van der Waals surface area contributed by atoms with Crippen molar-refractivity contribution >= 4 is 29.8 Å². The lowest BCUT2D eigenvalue weighted by Crippen LogP contribution is -1.92. The average Bonchev–Trinajstić information content (AvgIpc) is 2.66. The molecule has 3 heteroatoms. The first-order valence-electron chi connectivity index (χ1n) is 8.01. The quantitative estimate of drug-likeness (QED) is 0.646. The Morgan fingerprint density at radius 2 is 1.56 bits per heavy atom. The van der Waals surface area contributed by atoms with Crippen molar-refractivity contribution in [2.75, 3.05) is 0 Å². The summed E-state index contributed by atoms with van der Waals surface area (Å²) in [7, 11) is 0. The molecule has 0 radical (unpaired) electrons. The maximum atomic E-state index is 10.2. The molecule has 124 valence electrons. The number of rotatable bonds is 5. The van der Waals surface area contributed by atoms with Gasteiger partial charge in [0.15, 0.2) is 0 Å². The van der Waals surface area contributed by atoms with Crippen molar-refractivity contribution in [3.8, 4) is 0 Å². The predicted molar refractivity (Wildman–Crippen MR) is 105 cm³/mol. The van der Waals surface area contributed by atoms with E-state index in [4.69, 9.17) is 11.6 Å². The van der Waals surface area contributed by atoms with Crippen molar-refractivity contribution in [2.24, 2.45) is 0 Å². The molecular formula is C22H18ClNO. The lowest BCUT2D eigenvalue weighted by atomic mass is 10.1. The maximum Gasteiger partial charge on any atom is 0.0975 e. The number of pyridine rings is 1. The highest BCUT2D eigenvalue weighted by Crippen LogP contribution is 2.20. The molecule has 0 bridgehead atoms. The fourth-order valence-corrected chi connectivity index (χ4v) is 2.59. The van der Waals surface area contributed by atoms with Crippen LogP contribution in [-0.4, -0.2) is 10.1 Å². The minimum Gasteiger partial charge on any atom is -0.384 e. The summed E-state index contributed by atoms with van der Waals surface area (Å²) in [4.78, 5) is 4.09. The lowest BCUT2D eigenvalue weighted by molar-refractivity contribution is 0.229. The van der Waals surface area contributed by atoms with E-state index in [-0.39, 0.29) is 0 Å². The third-order valence-corrected chi connectivity index (χ3v) is 3.99. The van der Waals surface area contributed by atoms with Crippen molar-refractivity contribution in [3.05, 3.63) is 106 Å². The fraction of sp³-hybridized carbons (Fsp3) is 0.0455. The standard InChI is InChI=1S/C22H18ClNO/c23-21-5-1-4-20(15-21)22(25)13-12-18-8-6-17(7-9-18)10-11-19-3-2-14-24-16-19/h1-16,22,25H. The molecule has 0 spiro atoms. The molecular weight excluding hydrogens is 330 g/mol. The van der Waals surface area contributed by atoms with E-state index in [0.717, 1.165) is 22.3 Å². The van der Waals surface area contributed by atoms with E-state index in [1.54, 1.807) is 24.4 Å². The Bertz CT molecular complexity index is 870. The summed E-state index contributed by atoms with van der Waals surface area (Å²) in [6, 6.07) is 19.3. The first kappa shape index (κ1) is 17.2. The Hall–Kier alpha value is -2.68. The van der Waals surface area contributed by atoms with E-state index in [0.29, 0.717) is 5.02 Å². The molecule has 0 amide bonds. The van der Waals surface area contributed by atoms with Crippen LogP contribution in [0.2, 0.25) is 5.02 Å². The van der Waals surface area contributed by atoms with Crippen molar-refractivity contribution in [1.82, 2.24) is 4.98 Å². The number of hydrogen-bond acceptors (Lipinski definition) is 2. The minimum atomic E-state index is -0.677. The van der Waals surface area contributed by atoms with Gasteiger partial charge in [-0.2, -0.15) is 0 Å². The Morgan fingerprint density at radius 3 is 2.24 bits per heavy atom. The van der Waals surface area contributed by atoms with E-state index < -0.39 is 6.10 Å². The van der Waals surface area contributed by atoms with Gasteiger partial charge in [0.05, 0.1) is 6.10 Å². The largest absolute Gasteiger partial charge is 0.384 e. The minimum absolute atomic E-state index is 0.620. The Labute approximate surface area is 152 Å². The van der Waals surface area contributed by atoms with Gasteiger partial charge in [0.1, 0.15) is 0 Å². The fourth-order valence-electron chi connectivity index (χ4n) is 2.39. The molecule has 0 saturated carbocycles. The molecule has 3 aromatic rings. The number of halogens is 1. The Kier molecular flexibility index (Phi) is 5.78. The van der Waals surface area contributed by atoms with Gasteiger partial charge in [-0.05, 0) is 40.5 Å². The topological polar surface area (TPSA) is 33.1 Å². The molecule has 3 rings (SSSR count). The second-order valence-corrected chi connectivity index (χ2v) is 6.08. The molecule has 0 fully saturated rings. The van der Waals surface area contributed by atoms with E-state index in [9.17, 15) is 5.11 Å². The van der Waals surface area contributed by atoms with E-state index >= 15 is 0 Å². The second kappa shape index (κ2) is 8.43. The Balaban J connectivity index is 1.65. The lowest BCUT2D eigenvalue weighted by Gasteiger charge is -2.06. The number of aliphatic hydroxyl groups excluding tert-OH is 1. The van der Waals surface area contributed by atoms with Crippen molar-refractivity contribution in [1.29, 1.82) is 0 Å². The number of aromatic nitrogens is 1. The summed E-state index contributed by atoms with van der Waals surface area (Å²) in [5.41, 5.74) is 3.98. The predicted octanol–water partition coefficient (Wildman–Crippen LogP) is 5.65. The molecule has 2 nitrogen and oxygen atoms in total. The zero-order valence-corrected chi connectivity index (χ0v) is 14.3. The van der Waals surface area contributed by atoms with Gasteiger partial charge in [-0.3, -0.25) is 4.98 Å². The summed E-state index contributed by atoms with van der Waals surface area (Å²) in [6.07, 6.45) is 10.6. The summed E-state index contributed by atoms with van der Waals surface area (Å²) in [6.45, 7) is 0. The second-order valence-electron chi connectivity index (χ2n) is 5.65. The normalized spacial score (nSPS) is 12.7. The third-order valence-electron chi connectivity index (χ3n) is 3.75. The van der Waals surface area contributed by atoms with Crippen LogP contribution in [0.15, 0.2) is 79.1 Å². The maximum absolute atomic E-state index is 10.2. The summed E-state index contributed by atoms with van der Waals surface area (Å²) < 4.78 is 0. The van der Waals surface area contributed by atoms with Crippen LogP contribution in [0.3, 0.4) is 0 Å². The van der Waals surface area contributed by atoms with Gasteiger partial charge in [0.2, 0.25) is 0 Å². The molecule has 0 aliphatic rings. The Morgan fingerprint density at radius 1 is 0.840 bits per heavy atom. The van der Waals surface area contributed by atoms with Gasteiger partial charge in [0.25, 0.3) is 0 Å². The third kappa shape index (κ3) is 5.15. The SMILES string of the molecule is OC(C=Cc1ccc(C=Cc2cccnc2)cc1)c1cccc(Cl)c1. The van der Waals surface area contributed by atoms with Crippen LogP contribution in [-0.2, 0) is 0 Å². The molecule has 25 heavy (non-hydrogen) atoms. The zero-order valence-electron chi connectivity index (χ0n) is 13.6. The van der Waals surface area contributed by atoms with Crippen LogP contribution in [0.25, 0.3) is 18.2 Å². The van der Waals surface area contributed by atoms with Gasteiger partial charge < -0.3 is 5.11 Å². The summed E-state index contributed by atoms with van der Waals surface area (Å²) in [5.74, 6) is 0. The smallest absolute Gasteiger partial charge is 0.0975 e. The molecule has 1 atom stereocenters. The molecule has 0 aliphatic heterocycles. The molecule has 0 aliphatic carbocycles. The van der Waals surface area contributed by atoms with Crippen LogP contribution in [0.4, 0.5) is 0 Å². The van der Waals surface area contributed by atoms with Crippen molar-refractivity contribution in [2.45, 2.75) is 6.10 Å². The molecule has 0 saturated heterocycles. The van der Waals surface area contributed by atoms with Crippen LogP contribution in [0, 0.1) is 0 Å². The zero-order chi connectivity index (χ0) is 17.5. The number of benzene rings is 2. The molecule has 2 aromatic carbocycles. The van der Waals surface area contributed by atoms with Crippen molar-refractivity contribution < 1.29 is 5.11 Å². The van der Waals surface area contributed by atoms with E-state index in [1.165, 1.54) is 0 Å². The van der Waals surface area contributed by atoms with Crippen LogP contribution in [0.1, 0.15) is 28.4 Å². The van der Waals surface area contributed by atoms with E-state index in [1.807, 2.05) is 73.0 Å². The number of hydrogen-bond donors (Lipinski definition) is 1. The van der Waals surface area contributed by atoms with Crippen LogP contribution >= 0.6 is 11.6 Å². The highest BCUT2D eigenvalue weighted by molar-refractivity contribution is 6.30. The van der Waals surface area contributed by atoms with Gasteiger partial charge in [-0.25, -0.2) is 0 Å². The molecule has 1 unspecified atom stereocenters. The number of nitrogens with zero attached hydrogens (tertiary/aromatic N) is 1. The summed E-state index contributed by atoms with van der Waals surface area (Å²) in [5, 5.41) is 10.8. The highest BCUT2D eigenvalue weighted by Gasteiger charge is 2.03. The first-order chi connectivity index (χ1) is 12.2. The van der Waals surface area contributed by atoms with Gasteiger partial charge >= 0.3 is 0 Å². The van der Waals surface area contributed by atoms with Gasteiger partial charge in [-0.15, -0.1) is 0 Å². The van der Waals surface area contributed by atoms with Gasteiger partial charge in [-0.1, -0.05) is 78.4 Å². The van der Waals surface area contributed by atoms with Crippen LogP contribution in [0.5, 0.6) is 0 Å². The molecule has 1 heterocycles. The average molecular weight is 348 g/mol. The molecule has 1 N–H and O–H groups in total. The van der Waals surface area contributed by atoms with Crippen LogP contribution < -0.4 is 0 Å². The first-order valence-corrected chi connectivity index (χ1v) is 8.38. The number of aliphatic hydroxyl groups is 1.